The second-order valence-electron chi connectivity index (χ2n) is 5.00. The lowest BCUT2D eigenvalue weighted by atomic mass is 10.1. The second-order valence-corrected chi connectivity index (χ2v) is 6.93. The Bertz CT molecular complexity index is 861. The van der Waals surface area contributed by atoms with Crippen LogP contribution in [0.2, 0.25) is 0 Å². The zero-order valence-electron chi connectivity index (χ0n) is 10.9. The van der Waals surface area contributed by atoms with E-state index < -0.39 is 9.84 Å². The molecule has 0 saturated carbocycles. The van der Waals surface area contributed by atoms with Crippen LogP contribution in [0, 0.1) is 0 Å². The monoisotopic (exact) mass is 304 g/mol. The molecule has 0 fully saturated rings. The normalized spacial score (nSPS) is 21.8. The fourth-order valence-corrected chi connectivity index (χ4v) is 3.75. The van der Waals surface area contributed by atoms with Gasteiger partial charge in [-0.2, -0.15) is 0 Å². The Balaban J connectivity index is 1.74. The Morgan fingerprint density at radius 1 is 1.24 bits per heavy atom. The summed E-state index contributed by atoms with van der Waals surface area (Å²) in [5.41, 5.74) is 0. The number of fused-ring (bicyclic) bond motifs is 2. The summed E-state index contributed by atoms with van der Waals surface area (Å²) < 4.78 is 33.7. The Morgan fingerprint density at radius 3 is 2.81 bits per heavy atom. The van der Waals surface area contributed by atoms with E-state index in [0.717, 1.165) is 10.8 Å². The average Bonchev–Trinajstić information content (AvgIpc) is 3.02. The Kier molecular flexibility index (Phi) is 2.58. The molecule has 108 valence electrons. The molecule has 2 aliphatic rings. The number of sulfone groups is 1. The molecule has 21 heavy (non-hydrogen) atoms. The van der Waals surface area contributed by atoms with Crippen LogP contribution in [0.4, 0.5) is 5.82 Å². The quantitative estimate of drug-likeness (QED) is 0.909. The van der Waals surface area contributed by atoms with Gasteiger partial charge in [0.1, 0.15) is 5.82 Å². The zero-order valence-corrected chi connectivity index (χ0v) is 11.8. The number of nitrogens with one attached hydrogen (secondary N) is 1. The first-order valence-corrected chi connectivity index (χ1v) is 8.18. The van der Waals surface area contributed by atoms with E-state index in [1.807, 2.05) is 18.2 Å². The molecular weight excluding hydrogens is 292 g/mol. The largest absolute Gasteiger partial charge is 0.454 e. The van der Waals surface area contributed by atoms with Gasteiger partial charge in [0, 0.05) is 17.0 Å². The molecule has 1 atom stereocenters. The van der Waals surface area contributed by atoms with Crippen molar-refractivity contribution in [2.75, 3.05) is 17.9 Å². The Morgan fingerprint density at radius 2 is 2.05 bits per heavy atom. The molecule has 0 spiro atoms. The van der Waals surface area contributed by atoms with Gasteiger partial charge in [-0.15, -0.1) is 0 Å². The number of hydrogen-bond donors (Lipinski definition) is 1. The van der Waals surface area contributed by atoms with Gasteiger partial charge < -0.3 is 14.8 Å². The maximum Gasteiger partial charge on any atom is 0.231 e. The summed E-state index contributed by atoms with van der Waals surface area (Å²) in [5, 5.41) is 6.23. The first-order chi connectivity index (χ1) is 10.1. The van der Waals surface area contributed by atoms with E-state index >= 15 is 0 Å². The molecular formula is C14H12N2O4S. The molecule has 6 nitrogen and oxygen atoms in total. The van der Waals surface area contributed by atoms with Crippen molar-refractivity contribution in [3.05, 3.63) is 35.9 Å². The lowest BCUT2D eigenvalue weighted by Crippen LogP contribution is -2.21. The number of anilines is 1. The first kappa shape index (κ1) is 12.5. The molecule has 7 heteroatoms. The standard InChI is InChI=1S/C14H12N2O4S/c17-21(18)4-2-10(7-21)16-14-11-6-13-12(19-8-20-13)5-9(11)1-3-15-14/h1-6,10H,7-8H2,(H,15,16). The van der Waals surface area contributed by atoms with Crippen LogP contribution in [0.3, 0.4) is 0 Å². The zero-order chi connectivity index (χ0) is 14.4. The van der Waals surface area contributed by atoms with E-state index in [2.05, 4.69) is 10.3 Å². The van der Waals surface area contributed by atoms with Crippen molar-refractivity contribution in [1.29, 1.82) is 0 Å². The number of nitrogens with zero attached hydrogens (tertiary/aromatic N) is 1. The van der Waals surface area contributed by atoms with Crippen molar-refractivity contribution in [3.8, 4) is 11.5 Å². The molecule has 3 heterocycles. The summed E-state index contributed by atoms with van der Waals surface area (Å²) in [4.78, 5) is 4.31. The van der Waals surface area contributed by atoms with Gasteiger partial charge in [0.25, 0.3) is 0 Å². The molecule has 0 aliphatic carbocycles. The number of pyridine rings is 1. The average molecular weight is 304 g/mol. The third-order valence-electron chi connectivity index (χ3n) is 3.51. The molecule has 2 aromatic rings. The SMILES string of the molecule is O=S1(=O)C=CC(Nc2nccc3cc4c(cc23)OCO4)C1. The highest BCUT2D eigenvalue weighted by atomic mass is 32.2. The molecule has 1 aromatic heterocycles. The lowest BCUT2D eigenvalue weighted by molar-refractivity contribution is 0.174. The van der Waals surface area contributed by atoms with Crippen molar-refractivity contribution >= 4 is 26.4 Å². The fraction of sp³-hybridized carbons (Fsp3) is 0.214. The molecule has 0 bridgehead atoms. The van der Waals surface area contributed by atoms with Gasteiger partial charge in [-0.1, -0.05) is 0 Å². The van der Waals surface area contributed by atoms with E-state index in [1.54, 1.807) is 12.3 Å². The molecule has 1 N–H and O–H groups in total. The highest BCUT2D eigenvalue weighted by Crippen LogP contribution is 2.38. The maximum absolute atomic E-state index is 11.5. The number of hydrogen-bond acceptors (Lipinski definition) is 6. The predicted molar refractivity (Wildman–Crippen MR) is 78.2 cm³/mol. The van der Waals surface area contributed by atoms with E-state index in [-0.39, 0.29) is 18.6 Å². The minimum atomic E-state index is -3.09. The summed E-state index contributed by atoms with van der Waals surface area (Å²) in [6, 6.07) is 5.37. The third kappa shape index (κ3) is 2.19. The van der Waals surface area contributed by atoms with Crippen LogP contribution in [0.25, 0.3) is 10.8 Å². The van der Waals surface area contributed by atoms with E-state index in [9.17, 15) is 8.42 Å². The van der Waals surface area contributed by atoms with Crippen LogP contribution in [-0.2, 0) is 9.84 Å². The van der Waals surface area contributed by atoms with Crippen molar-refractivity contribution in [2.24, 2.45) is 0 Å². The number of aromatic nitrogens is 1. The minimum Gasteiger partial charge on any atom is -0.454 e. The molecule has 4 rings (SSSR count). The van der Waals surface area contributed by atoms with E-state index in [1.165, 1.54) is 5.41 Å². The van der Waals surface area contributed by atoms with Gasteiger partial charge in [-0.25, -0.2) is 13.4 Å². The number of ether oxygens (including phenoxy) is 2. The molecule has 0 radical (unpaired) electrons. The van der Waals surface area contributed by atoms with Crippen molar-refractivity contribution in [2.45, 2.75) is 6.04 Å². The van der Waals surface area contributed by atoms with Crippen LogP contribution < -0.4 is 14.8 Å². The van der Waals surface area contributed by atoms with Crippen molar-refractivity contribution < 1.29 is 17.9 Å². The summed E-state index contributed by atoms with van der Waals surface area (Å²) in [5.74, 6) is 2.07. The van der Waals surface area contributed by atoms with Crippen molar-refractivity contribution in [1.82, 2.24) is 4.98 Å². The lowest BCUT2D eigenvalue weighted by Gasteiger charge is -2.13. The topological polar surface area (TPSA) is 77.5 Å². The van der Waals surface area contributed by atoms with Gasteiger partial charge in [0.2, 0.25) is 6.79 Å². The summed E-state index contributed by atoms with van der Waals surface area (Å²) in [6.07, 6.45) is 3.32. The van der Waals surface area contributed by atoms with Crippen molar-refractivity contribution in [3.63, 3.8) is 0 Å². The van der Waals surface area contributed by atoms with Gasteiger partial charge >= 0.3 is 0 Å². The Labute approximate surface area is 121 Å². The van der Waals surface area contributed by atoms with Crippen LogP contribution in [0.1, 0.15) is 0 Å². The smallest absolute Gasteiger partial charge is 0.231 e. The van der Waals surface area contributed by atoms with E-state index in [0.29, 0.717) is 17.3 Å². The van der Waals surface area contributed by atoms with Crippen LogP contribution >= 0.6 is 0 Å². The summed E-state index contributed by atoms with van der Waals surface area (Å²) >= 11 is 0. The maximum atomic E-state index is 11.5. The van der Waals surface area contributed by atoms with Gasteiger partial charge in [0.05, 0.1) is 11.8 Å². The highest BCUT2D eigenvalue weighted by molar-refractivity contribution is 7.94. The second kappa shape index (κ2) is 4.36. The third-order valence-corrected chi connectivity index (χ3v) is 4.91. The van der Waals surface area contributed by atoms with Crippen LogP contribution in [0.5, 0.6) is 11.5 Å². The molecule has 0 saturated heterocycles. The summed E-state index contributed by atoms with van der Waals surface area (Å²) in [7, 11) is -3.09. The van der Waals surface area contributed by atoms with Crippen LogP contribution in [0.15, 0.2) is 35.9 Å². The number of benzene rings is 1. The van der Waals surface area contributed by atoms with Gasteiger partial charge in [0.15, 0.2) is 21.3 Å². The first-order valence-electron chi connectivity index (χ1n) is 6.47. The molecule has 1 aromatic carbocycles. The summed E-state index contributed by atoms with van der Waals surface area (Å²) in [6.45, 7) is 0.214. The molecule has 2 aliphatic heterocycles. The molecule has 1 unspecified atom stereocenters. The number of rotatable bonds is 2. The van der Waals surface area contributed by atoms with Crippen LogP contribution in [-0.4, -0.2) is 32.0 Å². The van der Waals surface area contributed by atoms with Gasteiger partial charge in [-0.3, -0.25) is 0 Å². The Hall–Kier alpha value is -2.28. The van der Waals surface area contributed by atoms with E-state index in [4.69, 9.17) is 9.47 Å². The minimum absolute atomic E-state index is 0.0512. The molecule has 0 amide bonds. The van der Waals surface area contributed by atoms with Gasteiger partial charge in [-0.05, 0) is 29.7 Å². The highest BCUT2D eigenvalue weighted by Gasteiger charge is 2.23. The fourth-order valence-electron chi connectivity index (χ4n) is 2.52. The predicted octanol–water partition coefficient (Wildman–Crippen LogP) is 1.69.